The maximum atomic E-state index is 11.2. The molecule has 0 atom stereocenters. The van der Waals surface area contributed by atoms with E-state index in [-0.39, 0.29) is 10.9 Å². The van der Waals surface area contributed by atoms with Gasteiger partial charge in [-0.25, -0.2) is 4.79 Å². The van der Waals surface area contributed by atoms with Crippen molar-refractivity contribution < 1.29 is 4.79 Å². The number of hydrogen-bond donors (Lipinski definition) is 3. The molecule has 1 heterocycles. The minimum atomic E-state index is -0.199. The monoisotopic (exact) mass is 229 g/mol. The van der Waals surface area contributed by atoms with Gasteiger partial charge in [0.15, 0.2) is 0 Å². The fraction of sp³-hybridized carbons (Fsp3) is 0.556. The minimum Gasteiger partial charge on any atom is -0.338 e. The number of urea groups is 1. The predicted molar refractivity (Wildman–Crippen MR) is 60.1 cm³/mol. The van der Waals surface area contributed by atoms with Crippen molar-refractivity contribution in [1.82, 2.24) is 15.6 Å². The molecule has 0 radical (unpaired) electrons. The molecule has 0 aliphatic rings. The normalized spacial score (nSPS) is 9.93. The lowest BCUT2D eigenvalue weighted by Gasteiger charge is -2.05. The lowest BCUT2D eigenvalue weighted by molar-refractivity contribution is 0.240. The molecule has 0 aliphatic heterocycles. The summed E-state index contributed by atoms with van der Waals surface area (Å²) < 4.78 is 0. The minimum absolute atomic E-state index is 0.0989. The van der Waals surface area contributed by atoms with Crippen molar-refractivity contribution >= 4 is 17.4 Å². The molecule has 2 amide bonds. The summed E-state index contributed by atoms with van der Waals surface area (Å²) in [5.41, 5.74) is 0.732. The summed E-state index contributed by atoms with van der Waals surface area (Å²) in [5, 5.41) is 7.08. The van der Waals surface area contributed by atoms with Crippen molar-refractivity contribution in [2.45, 2.75) is 26.3 Å². The van der Waals surface area contributed by atoms with Gasteiger partial charge in [-0.15, -0.1) is 0 Å². The molecule has 6 heteroatoms. The zero-order valence-corrected chi connectivity index (χ0v) is 9.45. The summed E-state index contributed by atoms with van der Waals surface area (Å²) >= 11 is 1.09. The van der Waals surface area contributed by atoms with Crippen LogP contribution in [0.1, 0.15) is 25.5 Å². The highest BCUT2D eigenvalue weighted by atomic mass is 32.1. The zero-order valence-electron chi connectivity index (χ0n) is 8.63. The summed E-state index contributed by atoms with van der Waals surface area (Å²) in [6.07, 6.45) is 2.03. The number of rotatable bonds is 5. The van der Waals surface area contributed by atoms with E-state index < -0.39 is 0 Å². The van der Waals surface area contributed by atoms with Gasteiger partial charge in [0.1, 0.15) is 0 Å². The molecule has 0 spiro atoms. The molecular weight excluding hydrogens is 214 g/mol. The average Bonchev–Trinajstić information content (AvgIpc) is 2.62. The molecule has 15 heavy (non-hydrogen) atoms. The molecule has 0 fully saturated rings. The van der Waals surface area contributed by atoms with Crippen LogP contribution in [-0.4, -0.2) is 17.6 Å². The molecule has 84 valence electrons. The first-order valence-electron chi connectivity index (χ1n) is 4.90. The molecule has 0 saturated carbocycles. The smallest absolute Gasteiger partial charge is 0.315 e. The van der Waals surface area contributed by atoms with Crippen molar-refractivity contribution in [3.8, 4) is 0 Å². The average molecular weight is 229 g/mol. The predicted octanol–water partition coefficient (Wildman–Crippen LogP) is 1.04. The SMILES string of the molecule is CCCCNC(=O)NCc1csc(=O)[nH]1. The Morgan fingerprint density at radius 1 is 1.53 bits per heavy atom. The molecular formula is C9H15N3O2S. The van der Waals surface area contributed by atoms with E-state index in [1.165, 1.54) is 0 Å². The van der Waals surface area contributed by atoms with Crippen LogP contribution in [0.4, 0.5) is 4.79 Å². The number of aromatic nitrogens is 1. The Hall–Kier alpha value is -1.30. The number of unbranched alkanes of at least 4 members (excludes halogenated alkanes) is 1. The Morgan fingerprint density at radius 3 is 2.93 bits per heavy atom. The van der Waals surface area contributed by atoms with E-state index in [1.807, 2.05) is 0 Å². The first kappa shape index (κ1) is 11.8. The van der Waals surface area contributed by atoms with Gasteiger partial charge < -0.3 is 15.6 Å². The van der Waals surface area contributed by atoms with Gasteiger partial charge in [-0.05, 0) is 6.42 Å². The highest BCUT2D eigenvalue weighted by Gasteiger charge is 2.00. The maximum Gasteiger partial charge on any atom is 0.315 e. The van der Waals surface area contributed by atoms with Gasteiger partial charge in [0, 0.05) is 17.6 Å². The first-order valence-corrected chi connectivity index (χ1v) is 5.78. The third kappa shape index (κ3) is 4.64. The third-order valence-electron chi connectivity index (χ3n) is 1.83. The van der Waals surface area contributed by atoms with Crippen LogP contribution < -0.4 is 15.5 Å². The first-order chi connectivity index (χ1) is 7.22. The van der Waals surface area contributed by atoms with Gasteiger partial charge in [0.25, 0.3) is 0 Å². The van der Waals surface area contributed by atoms with Crippen LogP contribution in [0.25, 0.3) is 0 Å². The Morgan fingerprint density at radius 2 is 2.33 bits per heavy atom. The van der Waals surface area contributed by atoms with Crippen molar-refractivity contribution in [2.75, 3.05) is 6.54 Å². The van der Waals surface area contributed by atoms with Gasteiger partial charge >= 0.3 is 10.9 Å². The number of carbonyl (C=O) groups is 1. The zero-order chi connectivity index (χ0) is 11.1. The fourth-order valence-corrected chi connectivity index (χ4v) is 1.60. The number of thiazole rings is 1. The van der Waals surface area contributed by atoms with E-state index in [1.54, 1.807) is 5.38 Å². The van der Waals surface area contributed by atoms with E-state index in [9.17, 15) is 9.59 Å². The topological polar surface area (TPSA) is 74.0 Å². The number of amides is 2. The Labute approximate surface area is 91.9 Å². The van der Waals surface area contributed by atoms with Crippen LogP contribution in [0, 0.1) is 0 Å². The molecule has 0 unspecified atom stereocenters. The van der Waals surface area contributed by atoms with Crippen molar-refractivity contribution in [1.29, 1.82) is 0 Å². The van der Waals surface area contributed by atoms with Crippen LogP contribution in [0.15, 0.2) is 10.2 Å². The van der Waals surface area contributed by atoms with Crippen LogP contribution in [0.3, 0.4) is 0 Å². The molecule has 0 aliphatic carbocycles. The van der Waals surface area contributed by atoms with Crippen LogP contribution in [0.2, 0.25) is 0 Å². The lowest BCUT2D eigenvalue weighted by Crippen LogP contribution is -2.35. The van der Waals surface area contributed by atoms with Gasteiger partial charge in [0.2, 0.25) is 0 Å². The Balaban J connectivity index is 2.19. The van der Waals surface area contributed by atoms with E-state index in [4.69, 9.17) is 0 Å². The van der Waals surface area contributed by atoms with E-state index in [2.05, 4.69) is 22.5 Å². The summed E-state index contributed by atoms with van der Waals surface area (Å²) in [5.74, 6) is 0. The number of H-pyrrole nitrogens is 1. The van der Waals surface area contributed by atoms with Gasteiger partial charge in [0.05, 0.1) is 6.54 Å². The molecule has 0 saturated heterocycles. The number of nitrogens with one attached hydrogen (secondary N) is 3. The second-order valence-corrected chi connectivity index (χ2v) is 3.98. The van der Waals surface area contributed by atoms with Crippen LogP contribution >= 0.6 is 11.3 Å². The fourth-order valence-electron chi connectivity index (χ4n) is 1.02. The number of aromatic amines is 1. The van der Waals surface area contributed by atoms with Gasteiger partial charge in [-0.2, -0.15) is 0 Å². The van der Waals surface area contributed by atoms with Crippen molar-refractivity contribution in [3.05, 3.63) is 20.7 Å². The molecule has 1 aromatic heterocycles. The van der Waals surface area contributed by atoms with Crippen molar-refractivity contribution in [2.24, 2.45) is 0 Å². The number of hydrogen-bond acceptors (Lipinski definition) is 3. The van der Waals surface area contributed by atoms with E-state index in [0.717, 1.165) is 29.9 Å². The maximum absolute atomic E-state index is 11.2. The van der Waals surface area contributed by atoms with E-state index in [0.29, 0.717) is 13.1 Å². The Bertz CT molecular complexity index is 358. The van der Waals surface area contributed by atoms with Gasteiger partial charge in [-0.1, -0.05) is 24.7 Å². The molecule has 0 aromatic carbocycles. The third-order valence-corrected chi connectivity index (χ3v) is 2.54. The highest BCUT2D eigenvalue weighted by Crippen LogP contribution is 1.93. The summed E-state index contributed by atoms with van der Waals surface area (Å²) in [6.45, 7) is 3.11. The number of carbonyl (C=O) groups excluding carboxylic acids is 1. The standard InChI is InChI=1S/C9H15N3O2S/c1-2-3-4-10-8(13)11-5-7-6-15-9(14)12-7/h6H,2-5H2,1H3,(H,12,14)(H2,10,11,13). The summed E-state index contributed by atoms with van der Waals surface area (Å²) in [6, 6.07) is -0.199. The highest BCUT2D eigenvalue weighted by molar-refractivity contribution is 7.07. The molecule has 1 aromatic rings. The Kier molecular flexibility index (Phi) is 4.89. The molecule has 1 rings (SSSR count). The van der Waals surface area contributed by atoms with E-state index >= 15 is 0 Å². The van der Waals surface area contributed by atoms with Gasteiger partial charge in [-0.3, -0.25) is 4.79 Å². The summed E-state index contributed by atoms with van der Waals surface area (Å²) in [4.78, 5) is 24.5. The summed E-state index contributed by atoms with van der Waals surface area (Å²) in [7, 11) is 0. The second-order valence-electron chi connectivity index (χ2n) is 3.14. The largest absolute Gasteiger partial charge is 0.338 e. The van der Waals surface area contributed by atoms with Crippen LogP contribution in [0.5, 0.6) is 0 Å². The lowest BCUT2D eigenvalue weighted by atomic mass is 10.3. The van der Waals surface area contributed by atoms with Crippen LogP contribution in [-0.2, 0) is 6.54 Å². The second kappa shape index (κ2) is 6.23. The molecule has 5 nitrogen and oxygen atoms in total. The molecule has 0 bridgehead atoms. The molecule has 3 N–H and O–H groups in total. The quantitative estimate of drug-likeness (QED) is 0.660. The van der Waals surface area contributed by atoms with Crippen molar-refractivity contribution in [3.63, 3.8) is 0 Å².